The molecule has 0 fully saturated rings. The Kier molecular flexibility index (Phi) is 8.20. The van der Waals surface area contributed by atoms with E-state index < -0.39 is 5.91 Å². The Bertz CT molecular complexity index is 1590. The maximum absolute atomic E-state index is 12.6. The van der Waals surface area contributed by atoms with Crippen LogP contribution in [0.25, 0.3) is 5.69 Å². The molecule has 0 radical (unpaired) electrons. The molecule has 0 aliphatic rings. The van der Waals surface area contributed by atoms with Gasteiger partial charge in [-0.15, -0.1) is 0 Å². The van der Waals surface area contributed by atoms with Gasteiger partial charge in [0.05, 0.1) is 6.21 Å². The molecule has 1 N–H and O–H groups in total. The highest BCUT2D eigenvalue weighted by Crippen LogP contribution is 2.30. The molecule has 2 heterocycles. The fourth-order valence-corrected chi connectivity index (χ4v) is 5.06. The summed E-state index contributed by atoms with van der Waals surface area (Å²) in [7, 11) is 0. The number of hydrogen-bond donors (Lipinski definition) is 1. The zero-order valence-electron chi connectivity index (χ0n) is 21.4. The van der Waals surface area contributed by atoms with Crippen LogP contribution in [-0.2, 0) is 6.61 Å². The van der Waals surface area contributed by atoms with E-state index in [1.165, 1.54) is 11.4 Å². The van der Waals surface area contributed by atoms with Crippen LogP contribution >= 0.6 is 23.4 Å². The van der Waals surface area contributed by atoms with E-state index in [-0.39, 0.29) is 12.4 Å². The third-order valence-electron chi connectivity index (χ3n) is 5.96. The first-order valence-electron chi connectivity index (χ1n) is 12.3. The molecule has 6 nitrogen and oxygen atoms in total. The number of benzene rings is 3. The van der Waals surface area contributed by atoms with Crippen LogP contribution in [0.3, 0.4) is 0 Å². The Labute approximate surface area is 236 Å². The van der Waals surface area contributed by atoms with E-state index >= 15 is 0 Å². The lowest BCUT2D eigenvalue weighted by Crippen LogP contribution is -2.16. The van der Waals surface area contributed by atoms with Crippen LogP contribution in [0.4, 0.5) is 0 Å². The van der Waals surface area contributed by atoms with Crippen molar-refractivity contribution < 1.29 is 13.9 Å². The molecule has 5 rings (SSSR count). The molecule has 0 aliphatic heterocycles. The summed E-state index contributed by atoms with van der Waals surface area (Å²) in [6.07, 6.45) is 1.61. The van der Waals surface area contributed by atoms with Gasteiger partial charge >= 0.3 is 5.91 Å². The lowest BCUT2D eigenvalue weighted by Gasteiger charge is -2.10. The van der Waals surface area contributed by atoms with Gasteiger partial charge in [-0.25, -0.2) is 5.43 Å². The Hall–Kier alpha value is -4.20. The number of nitrogens with one attached hydrogen (secondary N) is 1. The van der Waals surface area contributed by atoms with Gasteiger partial charge in [-0.1, -0.05) is 41.6 Å². The summed E-state index contributed by atoms with van der Waals surface area (Å²) in [6, 6.07) is 30.8. The minimum atomic E-state index is -0.442. The number of furan rings is 1. The summed E-state index contributed by atoms with van der Waals surface area (Å²) in [5, 5.41) is 4.82. The van der Waals surface area contributed by atoms with Gasteiger partial charge in [0, 0.05) is 37.5 Å². The van der Waals surface area contributed by atoms with Crippen LogP contribution in [0.2, 0.25) is 5.02 Å². The maximum atomic E-state index is 12.6. The number of aromatic nitrogens is 1. The molecule has 0 saturated heterocycles. The number of rotatable bonds is 9. The van der Waals surface area contributed by atoms with E-state index in [1.54, 1.807) is 30.1 Å². The van der Waals surface area contributed by atoms with Crippen molar-refractivity contribution in [2.75, 3.05) is 0 Å². The predicted molar refractivity (Wildman–Crippen MR) is 155 cm³/mol. The van der Waals surface area contributed by atoms with Crippen molar-refractivity contribution in [1.82, 2.24) is 9.99 Å². The first-order chi connectivity index (χ1) is 19.0. The Morgan fingerprint density at radius 1 is 0.949 bits per heavy atom. The normalized spacial score (nSPS) is 11.2. The average molecular weight is 556 g/mol. The van der Waals surface area contributed by atoms with Gasteiger partial charge in [-0.3, -0.25) is 4.79 Å². The van der Waals surface area contributed by atoms with E-state index in [1.807, 2.05) is 72.8 Å². The van der Waals surface area contributed by atoms with Crippen LogP contribution in [0.5, 0.6) is 5.75 Å². The summed E-state index contributed by atoms with van der Waals surface area (Å²) >= 11 is 7.58. The zero-order valence-corrected chi connectivity index (χ0v) is 23.0. The second-order valence-electron chi connectivity index (χ2n) is 8.79. The maximum Gasteiger partial charge on any atom is 0.307 e. The minimum absolute atomic E-state index is 0.156. The molecular weight excluding hydrogens is 530 g/mol. The number of carbonyl (C=O) groups excluding carboxylic acids is 1. The first kappa shape index (κ1) is 26.4. The lowest BCUT2D eigenvalue weighted by molar-refractivity contribution is 0.0923. The van der Waals surface area contributed by atoms with Crippen molar-refractivity contribution in [2.24, 2.45) is 5.10 Å². The van der Waals surface area contributed by atoms with Gasteiger partial charge < -0.3 is 13.7 Å². The third kappa shape index (κ3) is 6.63. The minimum Gasteiger partial charge on any atom is -0.486 e. The average Bonchev–Trinajstić information content (AvgIpc) is 3.56. The Balaban J connectivity index is 1.15. The standard InChI is InChI=1S/C31H26ClN3O3S/c1-21-7-8-22(2)35(21)25-11-13-26(14-12-25)37-20-27-15-18-29(38-27)31(36)34-33-19-23-5-3-4-6-30(23)39-28-16-9-24(32)10-17-28/h3-19H,20H2,1-2H3,(H,34,36)/b33-19+. The highest BCUT2D eigenvalue weighted by Gasteiger charge is 2.11. The molecule has 39 heavy (non-hydrogen) atoms. The molecule has 2 aromatic heterocycles. The van der Waals surface area contributed by atoms with E-state index in [0.717, 1.165) is 21.0 Å². The lowest BCUT2D eigenvalue weighted by atomic mass is 10.2. The molecule has 8 heteroatoms. The van der Waals surface area contributed by atoms with Gasteiger partial charge in [0.25, 0.3) is 0 Å². The number of aryl methyl sites for hydroxylation is 2. The van der Waals surface area contributed by atoms with Gasteiger partial charge in [0.2, 0.25) is 0 Å². The molecule has 0 unspecified atom stereocenters. The third-order valence-corrected chi connectivity index (χ3v) is 7.31. The quantitative estimate of drug-likeness (QED) is 0.149. The zero-order chi connectivity index (χ0) is 27.2. The van der Waals surface area contributed by atoms with Gasteiger partial charge in [-0.2, -0.15) is 5.10 Å². The molecule has 1 amide bonds. The summed E-state index contributed by atoms with van der Waals surface area (Å²) in [4.78, 5) is 14.6. The molecule has 5 aromatic rings. The topological polar surface area (TPSA) is 68.8 Å². The fraction of sp³-hybridized carbons (Fsp3) is 0.0968. The summed E-state index contributed by atoms with van der Waals surface area (Å²) in [6.45, 7) is 4.36. The number of hydrazone groups is 1. The van der Waals surface area contributed by atoms with E-state index in [2.05, 4.69) is 41.1 Å². The van der Waals surface area contributed by atoms with Gasteiger partial charge in [-0.05, 0) is 92.7 Å². The number of carbonyl (C=O) groups is 1. The Morgan fingerprint density at radius 2 is 1.67 bits per heavy atom. The molecule has 0 atom stereocenters. The molecule has 196 valence electrons. The smallest absolute Gasteiger partial charge is 0.307 e. The van der Waals surface area contributed by atoms with Crippen molar-refractivity contribution in [1.29, 1.82) is 0 Å². The summed E-state index contributed by atoms with van der Waals surface area (Å²) in [5.74, 6) is 0.962. The second-order valence-corrected chi connectivity index (χ2v) is 10.3. The van der Waals surface area contributed by atoms with E-state index in [0.29, 0.717) is 16.5 Å². The number of hydrogen-bond acceptors (Lipinski definition) is 5. The van der Waals surface area contributed by atoms with Gasteiger partial charge in [0.1, 0.15) is 18.1 Å². The summed E-state index contributed by atoms with van der Waals surface area (Å²) < 4.78 is 13.7. The molecule has 0 spiro atoms. The summed E-state index contributed by atoms with van der Waals surface area (Å²) in [5.41, 5.74) is 6.83. The number of amides is 1. The van der Waals surface area contributed by atoms with Crippen LogP contribution in [0.15, 0.2) is 116 Å². The fourth-order valence-electron chi connectivity index (χ4n) is 4.02. The van der Waals surface area contributed by atoms with Crippen molar-refractivity contribution in [2.45, 2.75) is 30.2 Å². The highest BCUT2D eigenvalue weighted by atomic mass is 35.5. The molecule has 0 aliphatic carbocycles. The first-order valence-corrected chi connectivity index (χ1v) is 13.5. The monoisotopic (exact) mass is 555 g/mol. The number of nitrogens with zero attached hydrogens (tertiary/aromatic N) is 2. The number of halogens is 1. The van der Waals surface area contributed by atoms with Crippen LogP contribution < -0.4 is 10.2 Å². The number of ether oxygens (including phenoxy) is 1. The molecular formula is C31H26ClN3O3S. The van der Waals surface area contributed by atoms with E-state index in [9.17, 15) is 4.79 Å². The molecule has 0 saturated carbocycles. The highest BCUT2D eigenvalue weighted by molar-refractivity contribution is 7.99. The van der Waals surface area contributed by atoms with Crippen LogP contribution in [-0.4, -0.2) is 16.7 Å². The van der Waals surface area contributed by atoms with Crippen LogP contribution in [0.1, 0.15) is 33.3 Å². The van der Waals surface area contributed by atoms with Gasteiger partial charge in [0.15, 0.2) is 5.76 Å². The SMILES string of the molecule is Cc1ccc(C)n1-c1ccc(OCc2ccc(C(=O)N/N=C/c3ccccc3Sc3ccc(Cl)cc3)o2)cc1. The molecule has 3 aromatic carbocycles. The van der Waals surface area contributed by atoms with Crippen molar-refractivity contribution in [3.63, 3.8) is 0 Å². The predicted octanol–water partition coefficient (Wildman–Crippen LogP) is 7.83. The second kappa shape index (κ2) is 12.1. The van der Waals surface area contributed by atoms with Crippen LogP contribution in [0, 0.1) is 13.8 Å². The largest absolute Gasteiger partial charge is 0.486 e. The van der Waals surface area contributed by atoms with Crippen molar-refractivity contribution in [3.05, 3.63) is 131 Å². The van der Waals surface area contributed by atoms with E-state index in [4.69, 9.17) is 20.8 Å². The van der Waals surface area contributed by atoms with Crippen molar-refractivity contribution in [3.8, 4) is 11.4 Å². The Morgan fingerprint density at radius 3 is 2.41 bits per heavy atom. The molecule has 0 bridgehead atoms. The van der Waals surface area contributed by atoms with Crippen molar-refractivity contribution >= 4 is 35.5 Å².